The molecule has 0 spiro atoms. The van der Waals surface area contributed by atoms with Crippen molar-refractivity contribution in [3.05, 3.63) is 33.9 Å². The molecule has 2 rings (SSSR count). The van der Waals surface area contributed by atoms with Gasteiger partial charge < -0.3 is 10.3 Å². The second-order valence-corrected chi connectivity index (χ2v) is 5.07. The zero-order chi connectivity index (χ0) is 11.5. The van der Waals surface area contributed by atoms with Crippen molar-refractivity contribution in [2.45, 2.75) is 26.8 Å². The van der Waals surface area contributed by atoms with Crippen molar-refractivity contribution in [3.63, 3.8) is 0 Å². The van der Waals surface area contributed by atoms with E-state index < -0.39 is 0 Å². The van der Waals surface area contributed by atoms with Crippen LogP contribution in [0.1, 0.15) is 24.6 Å². The fourth-order valence-electron chi connectivity index (χ4n) is 1.93. The van der Waals surface area contributed by atoms with Gasteiger partial charge in [-0.25, -0.2) is 0 Å². The number of aromatic nitrogens is 1. The molecule has 2 N–H and O–H groups in total. The first-order chi connectivity index (χ1) is 7.70. The lowest BCUT2D eigenvalue weighted by molar-refractivity contribution is 0.667. The van der Waals surface area contributed by atoms with Crippen LogP contribution >= 0.6 is 15.9 Å². The highest BCUT2D eigenvalue weighted by Gasteiger charge is 2.04. The van der Waals surface area contributed by atoms with Crippen LogP contribution < -0.4 is 5.32 Å². The first-order valence-electron chi connectivity index (χ1n) is 5.69. The first-order valence-corrected chi connectivity index (χ1v) is 6.48. The van der Waals surface area contributed by atoms with E-state index in [0.717, 1.165) is 17.6 Å². The number of hydrogen-bond donors (Lipinski definition) is 2. The Morgan fingerprint density at radius 2 is 2.12 bits per heavy atom. The molecule has 1 aromatic heterocycles. The van der Waals surface area contributed by atoms with Crippen LogP contribution in [-0.4, -0.2) is 11.5 Å². The molecule has 0 bridgehead atoms. The number of fused-ring (bicyclic) bond motifs is 1. The van der Waals surface area contributed by atoms with E-state index in [9.17, 15) is 0 Å². The SMILES string of the molecule is CCCNCc1cc2cc(Br)cc(C)c2[nH]1. The number of nitrogens with one attached hydrogen (secondary N) is 2. The standard InChI is InChI=1S/C13H17BrN2/c1-3-4-15-8-12-7-10-6-11(14)5-9(2)13(10)16-12/h5-7,15-16H,3-4,8H2,1-2H3. The number of aromatic amines is 1. The summed E-state index contributed by atoms with van der Waals surface area (Å²) >= 11 is 3.53. The van der Waals surface area contributed by atoms with E-state index in [2.05, 4.69) is 58.3 Å². The quantitative estimate of drug-likeness (QED) is 0.821. The van der Waals surface area contributed by atoms with Crippen molar-refractivity contribution < 1.29 is 0 Å². The highest BCUT2D eigenvalue weighted by atomic mass is 79.9. The van der Waals surface area contributed by atoms with E-state index in [1.54, 1.807) is 0 Å². The van der Waals surface area contributed by atoms with Crippen LogP contribution in [-0.2, 0) is 6.54 Å². The minimum absolute atomic E-state index is 0.916. The molecule has 16 heavy (non-hydrogen) atoms. The molecule has 2 nitrogen and oxygen atoms in total. The molecule has 0 saturated heterocycles. The Morgan fingerprint density at radius 3 is 2.88 bits per heavy atom. The molecule has 0 radical (unpaired) electrons. The Hall–Kier alpha value is -0.800. The lowest BCUT2D eigenvalue weighted by Gasteiger charge is -1.99. The Bertz CT molecular complexity index is 488. The monoisotopic (exact) mass is 280 g/mol. The third-order valence-electron chi connectivity index (χ3n) is 2.69. The molecular weight excluding hydrogens is 264 g/mol. The van der Waals surface area contributed by atoms with Crippen LogP contribution in [0.15, 0.2) is 22.7 Å². The van der Waals surface area contributed by atoms with Gasteiger partial charge in [0.2, 0.25) is 0 Å². The van der Waals surface area contributed by atoms with Crippen molar-refractivity contribution in [2.24, 2.45) is 0 Å². The van der Waals surface area contributed by atoms with Crippen LogP contribution in [0.3, 0.4) is 0 Å². The maximum atomic E-state index is 3.53. The molecule has 1 aromatic carbocycles. The predicted octanol–water partition coefficient (Wildman–Crippen LogP) is 3.74. The van der Waals surface area contributed by atoms with Crippen LogP contribution in [0.25, 0.3) is 10.9 Å². The van der Waals surface area contributed by atoms with E-state index >= 15 is 0 Å². The fourth-order valence-corrected chi connectivity index (χ4v) is 2.52. The number of rotatable bonds is 4. The molecule has 0 amide bonds. The van der Waals surface area contributed by atoms with Crippen LogP contribution in [0.2, 0.25) is 0 Å². The minimum Gasteiger partial charge on any atom is -0.357 e. The summed E-state index contributed by atoms with van der Waals surface area (Å²) < 4.78 is 1.14. The summed E-state index contributed by atoms with van der Waals surface area (Å²) in [6.07, 6.45) is 1.17. The second-order valence-electron chi connectivity index (χ2n) is 4.16. The fraction of sp³-hybridized carbons (Fsp3) is 0.385. The third kappa shape index (κ3) is 2.47. The maximum absolute atomic E-state index is 3.53. The maximum Gasteiger partial charge on any atom is 0.0486 e. The number of hydrogen-bond acceptors (Lipinski definition) is 1. The number of H-pyrrole nitrogens is 1. The van der Waals surface area contributed by atoms with Gasteiger partial charge in [0, 0.05) is 27.6 Å². The lowest BCUT2D eigenvalue weighted by Crippen LogP contribution is -2.13. The van der Waals surface area contributed by atoms with Crippen molar-refractivity contribution in [2.75, 3.05) is 6.54 Å². The third-order valence-corrected chi connectivity index (χ3v) is 3.15. The zero-order valence-corrected chi connectivity index (χ0v) is 11.3. The first kappa shape index (κ1) is 11.7. The van der Waals surface area contributed by atoms with E-state index in [-0.39, 0.29) is 0 Å². The van der Waals surface area contributed by atoms with Crippen molar-refractivity contribution in [1.29, 1.82) is 0 Å². The molecule has 0 aliphatic rings. The Morgan fingerprint density at radius 1 is 1.31 bits per heavy atom. The van der Waals surface area contributed by atoms with Gasteiger partial charge >= 0.3 is 0 Å². The van der Waals surface area contributed by atoms with Gasteiger partial charge in [0.05, 0.1) is 0 Å². The highest BCUT2D eigenvalue weighted by Crippen LogP contribution is 2.24. The predicted molar refractivity (Wildman–Crippen MR) is 72.7 cm³/mol. The summed E-state index contributed by atoms with van der Waals surface area (Å²) in [6, 6.07) is 6.51. The molecular formula is C13H17BrN2. The van der Waals surface area contributed by atoms with Gasteiger partial charge in [-0.2, -0.15) is 0 Å². The molecule has 0 atom stereocenters. The molecule has 0 unspecified atom stereocenters. The average molecular weight is 281 g/mol. The van der Waals surface area contributed by atoms with Crippen LogP contribution in [0.5, 0.6) is 0 Å². The van der Waals surface area contributed by atoms with Gasteiger partial charge in [0.15, 0.2) is 0 Å². The molecule has 0 aliphatic heterocycles. The molecule has 3 heteroatoms. The molecule has 0 saturated carbocycles. The largest absolute Gasteiger partial charge is 0.357 e. The zero-order valence-electron chi connectivity index (χ0n) is 9.73. The van der Waals surface area contributed by atoms with Gasteiger partial charge in [-0.1, -0.05) is 22.9 Å². The van der Waals surface area contributed by atoms with Crippen LogP contribution in [0.4, 0.5) is 0 Å². The summed E-state index contributed by atoms with van der Waals surface area (Å²) in [7, 11) is 0. The molecule has 86 valence electrons. The topological polar surface area (TPSA) is 27.8 Å². The lowest BCUT2D eigenvalue weighted by atomic mass is 10.2. The van der Waals surface area contributed by atoms with Crippen LogP contribution in [0, 0.1) is 6.92 Å². The van der Waals surface area contributed by atoms with E-state index in [4.69, 9.17) is 0 Å². The van der Waals surface area contributed by atoms with Gasteiger partial charge in [0.25, 0.3) is 0 Å². The summed E-state index contributed by atoms with van der Waals surface area (Å²) in [5, 5.41) is 4.68. The average Bonchev–Trinajstić information content (AvgIpc) is 2.61. The Kier molecular flexibility index (Phi) is 3.66. The number of benzene rings is 1. The summed E-state index contributed by atoms with van der Waals surface area (Å²) in [4.78, 5) is 3.47. The van der Waals surface area contributed by atoms with E-state index in [1.165, 1.54) is 28.6 Å². The number of aryl methyl sites for hydroxylation is 1. The minimum atomic E-state index is 0.916. The van der Waals surface area contributed by atoms with Gasteiger partial charge in [-0.15, -0.1) is 0 Å². The van der Waals surface area contributed by atoms with E-state index in [0.29, 0.717) is 0 Å². The summed E-state index contributed by atoms with van der Waals surface area (Å²) in [5.41, 5.74) is 3.78. The molecule has 2 aromatic rings. The van der Waals surface area contributed by atoms with Gasteiger partial charge in [-0.3, -0.25) is 0 Å². The number of halogens is 1. The van der Waals surface area contributed by atoms with Gasteiger partial charge in [0.1, 0.15) is 0 Å². The smallest absolute Gasteiger partial charge is 0.0486 e. The molecule has 1 heterocycles. The van der Waals surface area contributed by atoms with Gasteiger partial charge in [-0.05, 0) is 43.7 Å². The van der Waals surface area contributed by atoms with Crippen molar-refractivity contribution in [3.8, 4) is 0 Å². The second kappa shape index (κ2) is 5.02. The Labute approximate surface area is 105 Å². The summed E-state index contributed by atoms with van der Waals surface area (Å²) in [5.74, 6) is 0. The Balaban J connectivity index is 2.26. The molecule has 0 aliphatic carbocycles. The molecule has 0 fully saturated rings. The summed E-state index contributed by atoms with van der Waals surface area (Å²) in [6.45, 7) is 6.30. The van der Waals surface area contributed by atoms with E-state index in [1.807, 2.05) is 0 Å². The normalized spacial score (nSPS) is 11.2. The highest BCUT2D eigenvalue weighted by molar-refractivity contribution is 9.10. The van der Waals surface area contributed by atoms with Crippen molar-refractivity contribution in [1.82, 2.24) is 10.3 Å². The van der Waals surface area contributed by atoms with Crippen molar-refractivity contribution >= 4 is 26.8 Å².